The van der Waals surface area contributed by atoms with Crippen LogP contribution in [0.2, 0.25) is 5.02 Å². The molecule has 1 saturated carbocycles. The second-order valence-electron chi connectivity index (χ2n) is 6.87. The molecule has 0 aromatic heterocycles. The molecule has 0 saturated heterocycles. The molecular formula is C20H29ClN2O2. The molecule has 0 atom stereocenters. The number of hydrogen-bond acceptors (Lipinski definition) is 2. The van der Waals surface area contributed by atoms with E-state index in [1.165, 1.54) is 32.1 Å². The molecule has 1 aromatic rings. The SMILES string of the molecule is CN(C(=O)CCCNC(=O)c1ccc(Cl)cc1)C1CCCCCCC1. The third-order valence-corrected chi connectivity index (χ3v) is 5.23. The summed E-state index contributed by atoms with van der Waals surface area (Å²) in [6.45, 7) is 0.506. The van der Waals surface area contributed by atoms with Crippen molar-refractivity contribution in [3.05, 3.63) is 34.9 Å². The quantitative estimate of drug-likeness (QED) is 0.759. The average Bonchev–Trinajstić information content (AvgIpc) is 2.58. The van der Waals surface area contributed by atoms with Gasteiger partial charge in [0.1, 0.15) is 0 Å². The molecule has 1 fully saturated rings. The van der Waals surface area contributed by atoms with E-state index in [9.17, 15) is 9.59 Å². The number of carbonyl (C=O) groups is 2. The molecule has 1 N–H and O–H groups in total. The highest BCUT2D eigenvalue weighted by molar-refractivity contribution is 6.30. The number of benzene rings is 1. The molecule has 1 aliphatic carbocycles. The Hall–Kier alpha value is -1.55. The van der Waals surface area contributed by atoms with Gasteiger partial charge in [-0.1, -0.05) is 43.7 Å². The van der Waals surface area contributed by atoms with Crippen molar-refractivity contribution in [1.29, 1.82) is 0 Å². The van der Waals surface area contributed by atoms with E-state index in [0.717, 1.165) is 12.8 Å². The highest BCUT2D eigenvalue weighted by Crippen LogP contribution is 2.21. The zero-order chi connectivity index (χ0) is 18.1. The summed E-state index contributed by atoms with van der Waals surface area (Å²) >= 11 is 5.82. The maximum Gasteiger partial charge on any atom is 0.251 e. The van der Waals surface area contributed by atoms with Crippen molar-refractivity contribution in [3.8, 4) is 0 Å². The predicted octanol–water partition coefficient (Wildman–Crippen LogP) is 4.42. The van der Waals surface area contributed by atoms with Crippen LogP contribution in [0.25, 0.3) is 0 Å². The second-order valence-corrected chi connectivity index (χ2v) is 7.31. The van der Waals surface area contributed by atoms with Crippen LogP contribution in [0.4, 0.5) is 0 Å². The summed E-state index contributed by atoms with van der Waals surface area (Å²) in [6, 6.07) is 7.18. The number of hydrogen-bond donors (Lipinski definition) is 1. The Morgan fingerprint density at radius 3 is 2.32 bits per heavy atom. The van der Waals surface area contributed by atoms with E-state index in [0.29, 0.717) is 36.0 Å². The summed E-state index contributed by atoms with van der Waals surface area (Å²) in [5.74, 6) is 0.0591. The van der Waals surface area contributed by atoms with Crippen LogP contribution in [0.5, 0.6) is 0 Å². The van der Waals surface area contributed by atoms with E-state index < -0.39 is 0 Å². The summed E-state index contributed by atoms with van der Waals surface area (Å²) in [5.41, 5.74) is 0.586. The Kier molecular flexibility index (Phi) is 8.26. The molecule has 0 radical (unpaired) electrons. The van der Waals surface area contributed by atoms with E-state index in [4.69, 9.17) is 11.6 Å². The van der Waals surface area contributed by atoms with Gasteiger partial charge in [0.2, 0.25) is 5.91 Å². The zero-order valence-electron chi connectivity index (χ0n) is 15.1. The Bertz CT molecular complexity index is 551. The highest BCUT2D eigenvalue weighted by Gasteiger charge is 2.20. The van der Waals surface area contributed by atoms with Gasteiger partial charge in [0, 0.05) is 36.6 Å². The van der Waals surface area contributed by atoms with Crippen LogP contribution in [0.1, 0.15) is 68.1 Å². The standard InChI is InChI=1S/C20H29ClN2O2/c1-23(18-8-5-3-2-4-6-9-18)19(24)10-7-15-22-20(25)16-11-13-17(21)14-12-16/h11-14,18H,2-10,15H2,1H3,(H,22,25). The number of amides is 2. The van der Waals surface area contributed by atoms with Crippen LogP contribution in [-0.2, 0) is 4.79 Å². The first kappa shape index (κ1) is 19.8. The van der Waals surface area contributed by atoms with Gasteiger partial charge in [-0.2, -0.15) is 0 Å². The van der Waals surface area contributed by atoms with Crippen molar-refractivity contribution < 1.29 is 9.59 Å². The van der Waals surface area contributed by atoms with Crippen molar-refractivity contribution in [2.75, 3.05) is 13.6 Å². The lowest BCUT2D eigenvalue weighted by Crippen LogP contribution is -2.37. The Labute approximate surface area is 155 Å². The predicted molar refractivity (Wildman–Crippen MR) is 102 cm³/mol. The fourth-order valence-corrected chi connectivity index (χ4v) is 3.47. The molecule has 2 amide bonds. The molecule has 1 aromatic carbocycles. The van der Waals surface area contributed by atoms with Crippen molar-refractivity contribution >= 4 is 23.4 Å². The van der Waals surface area contributed by atoms with Crippen LogP contribution in [0.3, 0.4) is 0 Å². The van der Waals surface area contributed by atoms with Crippen LogP contribution in [-0.4, -0.2) is 36.3 Å². The summed E-state index contributed by atoms with van der Waals surface area (Å²) < 4.78 is 0. The Balaban J connectivity index is 1.68. The van der Waals surface area contributed by atoms with Crippen molar-refractivity contribution in [1.82, 2.24) is 10.2 Å². The molecular weight excluding hydrogens is 336 g/mol. The number of carbonyl (C=O) groups excluding carboxylic acids is 2. The summed E-state index contributed by atoms with van der Waals surface area (Å²) in [4.78, 5) is 26.3. The van der Waals surface area contributed by atoms with E-state index in [1.54, 1.807) is 24.3 Å². The first-order valence-electron chi connectivity index (χ1n) is 9.37. The monoisotopic (exact) mass is 364 g/mol. The smallest absolute Gasteiger partial charge is 0.251 e. The van der Waals surface area contributed by atoms with Crippen molar-refractivity contribution in [3.63, 3.8) is 0 Å². The third kappa shape index (κ3) is 6.69. The first-order valence-corrected chi connectivity index (χ1v) is 9.75. The summed E-state index contributed by atoms with van der Waals surface area (Å²) in [6.07, 6.45) is 9.73. The van der Waals surface area contributed by atoms with Gasteiger partial charge >= 0.3 is 0 Å². The molecule has 0 aliphatic heterocycles. The fraction of sp³-hybridized carbons (Fsp3) is 0.600. The van der Waals surface area contributed by atoms with Gasteiger partial charge in [-0.05, 0) is 43.5 Å². The van der Waals surface area contributed by atoms with Gasteiger partial charge in [-0.25, -0.2) is 0 Å². The van der Waals surface area contributed by atoms with Gasteiger partial charge in [0.15, 0.2) is 0 Å². The Morgan fingerprint density at radius 2 is 1.68 bits per heavy atom. The number of nitrogens with zero attached hydrogens (tertiary/aromatic N) is 1. The molecule has 2 rings (SSSR count). The van der Waals surface area contributed by atoms with Gasteiger partial charge < -0.3 is 10.2 Å². The normalized spacial score (nSPS) is 15.9. The lowest BCUT2D eigenvalue weighted by atomic mass is 9.95. The fourth-order valence-electron chi connectivity index (χ4n) is 3.35. The summed E-state index contributed by atoms with van der Waals surface area (Å²) in [7, 11) is 1.93. The van der Waals surface area contributed by atoms with Crippen LogP contribution < -0.4 is 5.32 Å². The zero-order valence-corrected chi connectivity index (χ0v) is 15.9. The number of rotatable bonds is 6. The van der Waals surface area contributed by atoms with Crippen molar-refractivity contribution in [2.24, 2.45) is 0 Å². The van der Waals surface area contributed by atoms with Crippen LogP contribution in [0, 0.1) is 0 Å². The summed E-state index contributed by atoms with van der Waals surface area (Å²) in [5, 5.41) is 3.47. The van der Waals surface area contributed by atoms with Crippen molar-refractivity contribution in [2.45, 2.75) is 63.8 Å². The average molecular weight is 365 g/mol. The topological polar surface area (TPSA) is 49.4 Å². The van der Waals surface area contributed by atoms with E-state index in [2.05, 4.69) is 5.32 Å². The lowest BCUT2D eigenvalue weighted by molar-refractivity contribution is -0.132. The molecule has 0 spiro atoms. The minimum atomic E-state index is -0.127. The maximum atomic E-state index is 12.4. The molecule has 1 aliphatic rings. The van der Waals surface area contributed by atoms with Crippen LogP contribution in [0.15, 0.2) is 24.3 Å². The first-order chi connectivity index (χ1) is 12.1. The number of halogens is 1. The van der Waals surface area contributed by atoms with E-state index >= 15 is 0 Å². The molecule has 0 heterocycles. The van der Waals surface area contributed by atoms with Gasteiger partial charge in [-0.15, -0.1) is 0 Å². The lowest BCUT2D eigenvalue weighted by Gasteiger charge is -2.30. The minimum absolute atomic E-state index is 0.127. The van der Waals surface area contributed by atoms with Crippen LogP contribution >= 0.6 is 11.6 Å². The highest BCUT2D eigenvalue weighted by atomic mass is 35.5. The maximum absolute atomic E-state index is 12.4. The number of nitrogens with one attached hydrogen (secondary N) is 1. The molecule has 4 nitrogen and oxygen atoms in total. The molecule has 25 heavy (non-hydrogen) atoms. The van der Waals surface area contributed by atoms with Gasteiger partial charge in [-0.3, -0.25) is 9.59 Å². The second kappa shape index (κ2) is 10.4. The van der Waals surface area contributed by atoms with E-state index in [-0.39, 0.29) is 11.8 Å². The Morgan fingerprint density at radius 1 is 1.08 bits per heavy atom. The van der Waals surface area contributed by atoms with Gasteiger partial charge in [0.25, 0.3) is 5.91 Å². The minimum Gasteiger partial charge on any atom is -0.352 e. The molecule has 0 unspecified atom stereocenters. The molecule has 0 bridgehead atoms. The van der Waals surface area contributed by atoms with E-state index in [1.807, 2.05) is 11.9 Å². The molecule has 138 valence electrons. The molecule has 5 heteroatoms. The largest absolute Gasteiger partial charge is 0.352 e. The third-order valence-electron chi connectivity index (χ3n) is 4.98. The van der Waals surface area contributed by atoms with Gasteiger partial charge in [0.05, 0.1) is 0 Å².